The molecule has 8 heteroatoms. The first kappa shape index (κ1) is 26.7. The molecule has 0 aliphatic rings. The van der Waals surface area contributed by atoms with Crippen LogP contribution in [0.1, 0.15) is 49.4 Å². The van der Waals surface area contributed by atoms with Crippen molar-refractivity contribution >= 4 is 51.4 Å². The van der Waals surface area contributed by atoms with Crippen molar-refractivity contribution in [2.75, 3.05) is 17.7 Å². The molecule has 182 valence electrons. The van der Waals surface area contributed by atoms with Crippen molar-refractivity contribution in [3.63, 3.8) is 0 Å². The number of aliphatic hydroxyl groups is 1. The average molecular weight is 555 g/mol. The Kier molecular flexibility index (Phi) is 10.1. The molecule has 0 unspecified atom stereocenters. The molecule has 0 aliphatic heterocycles. The Hall–Kier alpha value is -2.94. The fraction of sp³-hybridized carbons (Fsp3) is 0.222. The summed E-state index contributed by atoms with van der Waals surface area (Å²) in [5.41, 5.74) is 8.04. The molecule has 0 radical (unpaired) electrons. The highest BCUT2D eigenvalue weighted by Crippen LogP contribution is 2.22. The third kappa shape index (κ3) is 8.06. The minimum Gasteiger partial charge on any atom is -0.396 e. The standard InChI is InChI=1S/C27H28BrN3O3S/c1-18-4-5-21(14-19(18)2)16-29-31-27(34)24-15-23(28)10-11-25(24)30-26(33)22-8-6-20(7-9-22)17-35-13-3-12-32/h4-11,14-16,32H,3,12-13,17H2,1-2H3,(H,30,33)(H,31,34)/b29-16+. The van der Waals surface area contributed by atoms with Gasteiger partial charge < -0.3 is 10.4 Å². The van der Waals surface area contributed by atoms with E-state index in [4.69, 9.17) is 5.11 Å². The van der Waals surface area contributed by atoms with Crippen LogP contribution in [0, 0.1) is 13.8 Å². The fourth-order valence-electron chi connectivity index (χ4n) is 3.19. The Balaban J connectivity index is 1.66. The Labute approximate surface area is 218 Å². The lowest BCUT2D eigenvalue weighted by Crippen LogP contribution is -2.21. The van der Waals surface area contributed by atoms with Gasteiger partial charge >= 0.3 is 0 Å². The predicted octanol–water partition coefficient (Wildman–Crippen LogP) is 5.70. The second kappa shape index (κ2) is 13.2. The molecule has 0 bridgehead atoms. The minimum absolute atomic E-state index is 0.195. The maximum atomic E-state index is 12.8. The molecule has 3 aromatic carbocycles. The van der Waals surface area contributed by atoms with Gasteiger partial charge in [0.2, 0.25) is 0 Å². The number of hydrogen-bond acceptors (Lipinski definition) is 5. The van der Waals surface area contributed by atoms with Crippen LogP contribution in [0.5, 0.6) is 0 Å². The monoisotopic (exact) mass is 553 g/mol. The van der Waals surface area contributed by atoms with Gasteiger partial charge in [-0.05, 0) is 78.6 Å². The zero-order chi connectivity index (χ0) is 25.2. The molecule has 2 amide bonds. The van der Waals surface area contributed by atoms with Crippen molar-refractivity contribution in [2.45, 2.75) is 26.0 Å². The number of aliphatic hydroxyl groups excluding tert-OH is 1. The van der Waals surface area contributed by atoms with E-state index in [1.54, 1.807) is 48.3 Å². The highest BCUT2D eigenvalue weighted by atomic mass is 79.9. The lowest BCUT2D eigenvalue weighted by molar-refractivity contribution is 0.0956. The summed E-state index contributed by atoms with van der Waals surface area (Å²) in [7, 11) is 0. The van der Waals surface area contributed by atoms with Gasteiger partial charge in [0.15, 0.2) is 0 Å². The number of hydrogen-bond donors (Lipinski definition) is 3. The van der Waals surface area contributed by atoms with Crippen LogP contribution in [0.25, 0.3) is 0 Å². The van der Waals surface area contributed by atoms with Crippen molar-refractivity contribution in [3.8, 4) is 0 Å². The first-order valence-corrected chi connectivity index (χ1v) is 13.1. The molecular weight excluding hydrogens is 526 g/mol. The number of rotatable bonds is 10. The van der Waals surface area contributed by atoms with Crippen molar-refractivity contribution in [2.24, 2.45) is 5.10 Å². The lowest BCUT2D eigenvalue weighted by Gasteiger charge is -2.11. The van der Waals surface area contributed by atoms with Gasteiger partial charge in [0.25, 0.3) is 11.8 Å². The molecule has 0 aromatic heterocycles. The number of nitrogens with one attached hydrogen (secondary N) is 2. The number of nitrogens with zero attached hydrogens (tertiary/aromatic N) is 1. The fourth-order valence-corrected chi connectivity index (χ4v) is 4.45. The van der Waals surface area contributed by atoms with Crippen LogP contribution in [0.3, 0.4) is 0 Å². The molecule has 3 rings (SSSR count). The summed E-state index contributed by atoms with van der Waals surface area (Å²) >= 11 is 5.13. The normalized spacial score (nSPS) is 11.0. The van der Waals surface area contributed by atoms with E-state index >= 15 is 0 Å². The van der Waals surface area contributed by atoms with Gasteiger partial charge in [-0.25, -0.2) is 5.43 Å². The van der Waals surface area contributed by atoms with Gasteiger partial charge in [-0.15, -0.1) is 0 Å². The van der Waals surface area contributed by atoms with E-state index in [1.807, 2.05) is 44.2 Å². The van der Waals surface area contributed by atoms with E-state index in [2.05, 4.69) is 31.8 Å². The Morgan fingerprint density at radius 2 is 1.77 bits per heavy atom. The van der Waals surface area contributed by atoms with Gasteiger partial charge in [-0.3, -0.25) is 9.59 Å². The molecule has 3 aromatic rings. The maximum Gasteiger partial charge on any atom is 0.273 e. The number of thioether (sulfide) groups is 1. The van der Waals surface area contributed by atoms with Crippen LogP contribution in [-0.4, -0.2) is 35.5 Å². The molecule has 3 N–H and O–H groups in total. The number of anilines is 1. The quantitative estimate of drug-likeness (QED) is 0.171. The van der Waals surface area contributed by atoms with Crippen LogP contribution in [0.15, 0.2) is 70.2 Å². The second-order valence-corrected chi connectivity index (χ2v) is 10.0. The number of halogens is 1. The summed E-state index contributed by atoms with van der Waals surface area (Å²) < 4.78 is 0.710. The predicted molar refractivity (Wildman–Crippen MR) is 147 cm³/mol. The number of carbonyl (C=O) groups excluding carboxylic acids is 2. The summed E-state index contributed by atoms with van der Waals surface area (Å²) in [6.45, 7) is 4.25. The molecule has 0 fully saturated rings. The van der Waals surface area contributed by atoms with Crippen LogP contribution in [0.4, 0.5) is 5.69 Å². The van der Waals surface area contributed by atoms with E-state index < -0.39 is 5.91 Å². The van der Waals surface area contributed by atoms with Crippen LogP contribution in [-0.2, 0) is 5.75 Å². The number of carbonyl (C=O) groups is 2. The summed E-state index contributed by atoms with van der Waals surface area (Å²) in [5, 5.41) is 15.8. The SMILES string of the molecule is Cc1ccc(/C=N/NC(=O)c2cc(Br)ccc2NC(=O)c2ccc(CSCCCO)cc2)cc1C. The Morgan fingerprint density at radius 1 is 1.00 bits per heavy atom. The highest BCUT2D eigenvalue weighted by molar-refractivity contribution is 9.10. The van der Waals surface area contributed by atoms with Gasteiger partial charge in [-0.2, -0.15) is 16.9 Å². The Morgan fingerprint density at radius 3 is 2.49 bits per heavy atom. The zero-order valence-electron chi connectivity index (χ0n) is 19.7. The van der Waals surface area contributed by atoms with E-state index in [9.17, 15) is 9.59 Å². The van der Waals surface area contributed by atoms with Crippen molar-refractivity contribution in [1.82, 2.24) is 5.43 Å². The second-order valence-electron chi connectivity index (χ2n) is 8.01. The summed E-state index contributed by atoms with van der Waals surface area (Å²) in [6.07, 6.45) is 2.36. The van der Waals surface area contributed by atoms with Crippen molar-refractivity contribution < 1.29 is 14.7 Å². The third-order valence-electron chi connectivity index (χ3n) is 5.32. The first-order valence-electron chi connectivity index (χ1n) is 11.2. The number of aryl methyl sites for hydroxylation is 2. The van der Waals surface area contributed by atoms with Crippen LogP contribution in [0.2, 0.25) is 0 Å². The summed E-state index contributed by atoms with van der Waals surface area (Å²) in [4.78, 5) is 25.6. The molecule has 0 saturated carbocycles. The van der Waals surface area contributed by atoms with Gasteiger partial charge in [0.05, 0.1) is 17.5 Å². The topological polar surface area (TPSA) is 90.8 Å². The van der Waals surface area contributed by atoms with Gasteiger partial charge in [0.1, 0.15) is 0 Å². The van der Waals surface area contributed by atoms with E-state index in [-0.39, 0.29) is 12.5 Å². The number of amides is 2. The van der Waals surface area contributed by atoms with Crippen LogP contribution < -0.4 is 10.7 Å². The summed E-state index contributed by atoms with van der Waals surface area (Å²) in [5.74, 6) is 0.972. The first-order chi connectivity index (χ1) is 16.9. The molecule has 0 saturated heterocycles. The van der Waals surface area contributed by atoms with E-state index in [0.717, 1.165) is 34.6 Å². The zero-order valence-corrected chi connectivity index (χ0v) is 22.1. The molecule has 0 spiro atoms. The molecule has 0 heterocycles. The molecule has 0 atom stereocenters. The van der Waals surface area contributed by atoms with E-state index in [0.29, 0.717) is 21.3 Å². The number of hydrazone groups is 1. The van der Waals surface area contributed by atoms with Crippen LogP contribution >= 0.6 is 27.7 Å². The smallest absolute Gasteiger partial charge is 0.273 e. The molecule has 0 aliphatic carbocycles. The maximum absolute atomic E-state index is 12.8. The molecule has 6 nitrogen and oxygen atoms in total. The largest absolute Gasteiger partial charge is 0.396 e. The minimum atomic E-state index is -0.433. The van der Waals surface area contributed by atoms with E-state index in [1.165, 1.54) is 5.56 Å². The van der Waals surface area contributed by atoms with Crippen molar-refractivity contribution in [1.29, 1.82) is 0 Å². The number of benzene rings is 3. The average Bonchev–Trinajstić information content (AvgIpc) is 2.85. The molecular formula is C27H28BrN3O3S. The lowest BCUT2D eigenvalue weighted by atomic mass is 10.1. The highest BCUT2D eigenvalue weighted by Gasteiger charge is 2.15. The molecule has 35 heavy (non-hydrogen) atoms. The summed E-state index contributed by atoms with van der Waals surface area (Å²) in [6, 6.07) is 18.4. The Bertz CT molecular complexity index is 1210. The third-order valence-corrected chi connectivity index (χ3v) is 6.92. The van der Waals surface area contributed by atoms with Gasteiger partial charge in [0, 0.05) is 22.4 Å². The van der Waals surface area contributed by atoms with Gasteiger partial charge in [-0.1, -0.05) is 46.3 Å². The van der Waals surface area contributed by atoms with Crippen molar-refractivity contribution in [3.05, 3.63) is 98.5 Å².